The van der Waals surface area contributed by atoms with Crippen molar-refractivity contribution in [1.82, 2.24) is 4.57 Å². The molecule has 0 bridgehead atoms. The first-order valence-electron chi connectivity index (χ1n) is 6.76. The molecule has 1 aromatic carbocycles. The van der Waals surface area contributed by atoms with Crippen LogP contribution in [0.2, 0.25) is 5.02 Å². The van der Waals surface area contributed by atoms with E-state index in [0.717, 1.165) is 36.4 Å². The van der Waals surface area contributed by atoms with Gasteiger partial charge in [-0.25, -0.2) is 0 Å². The lowest BCUT2D eigenvalue weighted by Crippen LogP contribution is -2.05. The van der Waals surface area contributed by atoms with Crippen molar-refractivity contribution in [3.05, 3.63) is 34.5 Å². The highest BCUT2D eigenvalue weighted by Crippen LogP contribution is 2.30. The van der Waals surface area contributed by atoms with E-state index in [0.29, 0.717) is 6.54 Å². The lowest BCUT2D eigenvalue weighted by Gasteiger charge is -2.07. The number of benzene rings is 1. The largest absolute Gasteiger partial charge is 0.396 e. The molecule has 0 fully saturated rings. The molecule has 2 rings (SSSR count). The molecule has 0 saturated carbocycles. The van der Waals surface area contributed by atoms with Crippen molar-refractivity contribution in [2.24, 2.45) is 5.73 Å². The number of nitrogens with zero attached hydrogens (tertiary/aromatic N) is 1. The van der Waals surface area contributed by atoms with Gasteiger partial charge in [-0.1, -0.05) is 17.7 Å². The van der Waals surface area contributed by atoms with Crippen LogP contribution in [-0.2, 0) is 13.0 Å². The van der Waals surface area contributed by atoms with Gasteiger partial charge >= 0.3 is 0 Å². The van der Waals surface area contributed by atoms with Gasteiger partial charge in [0.2, 0.25) is 0 Å². The number of halogens is 1. The van der Waals surface area contributed by atoms with Crippen LogP contribution in [0.25, 0.3) is 10.9 Å². The van der Waals surface area contributed by atoms with Crippen molar-refractivity contribution in [2.75, 3.05) is 13.2 Å². The van der Waals surface area contributed by atoms with Crippen LogP contribution in [-0.4, -0.2) is 22.8 Å². The van der Waals surface area contributed by atoms with Crippen LogP contribution in [0.1, 0.15) is 24.0 Å². The highest BCUT2D eigenvalue weighted by atomic mass is 35.5. The molecule has 0 radical (unpaired) electrons. The Hall–Kier alpha value is -1.03. The van der Waals surface area contributed by atoms with Crippen molar-refractivity contribution >= 4 is 22.5 Å². The van der Waals surface area contributed by atoms with Crippen molar-refractivity contribution < 1.29 is 5.11 Å². The van der Waals surface area contributed by atoms with Crippen LogP contribution in [0.3, 0.4) is 0 Å². The van der Waals surface area contributed by atoms with E-state index in [9.17, 15) is 0 Å². The predicted molar refractivity (Wildman–Crippen MR) is 80.8 cm³/mol. The van der Waals surface area contributed by atoms with Gasteiger partial charge in [0.05, 0.1) is 5.52 Å². The van der Waals surface area contributed by atoms with E-state index in [1.54, 1.807) is 0 Å². The zero-order valence-corrected chi connectivity index (χ0v) is 12.1. The number of aromatic nitrogens is 1. The fraction of sp³-hybridized carbons (Fsp3) is 0.467. The molecule has 0 saturated heterocycles. The lowest BCUT2D eigenvalue weighted by molar-refractivity contribution is 0.288. The highest BCUT2D eigenvalue weighted by molar-refractivity contribution is 6.32. The molecule has 0 amide bonds. The zero-order valence-electron chi connectivity index (χ0n) is 11.3. The molecule has 1 aromatic heterocycles. The Labute approximate surface area is 119 Å². The number of rotatable bonds is 6. The Morgan fingerprint density at radius 1 is 1.32 bits per heavy atom. The minimum Gasteiger partial charge on any atom is -0.396 e. The molecule has 104 valence electrons. The van der Waals surface area contributed by atoms with Gasteiger partial charge < -0.3 is 15.4 Å². The highest BCUT2D eigenvalue weighted by Gasteiger charge is 2.12. The molecule has 4 heteroatoms. The molecule has 0 aliphatic heterocycles. The summed E-state index contributed by atoms with van der Waals surface area (Å²) in [6.07, 6.45) is 4.82. The summed E-state index contributed by atoms with van der Waals surface area (Å²) >= 11 is 6.23. The van der Waals surface area contributed by atoms with Gasteiger partial charge in [0.25, 0.3) is 0 Å². The maximum absolute atomic E-state index is 9.00. The fourth-order valence-corrected chi connectivity index (χ4v) is 2.69. The Bertz CT molecular complexity index is 563. The first-order valence-corrected chi connectivity index (χ1v) is 7.14. The smallest absolute Gasteiger partial charge is 0.0527 e. The average molecular weight is 281 g/mol. The van der Waals surface area contributed by atoms with Crippen LogP contribution in [0.15, 0.2) is 18.3 Å². The van der Waals surface area contributed by atoms with E-state index in [2.05, 4.69) is 23.8 Å². The van der Waals surface area contributed by atoms with Gasteiger partial charge in [-0.05, 0) is 49.9 Å². The number of hydrogen-bond acceptors (Lipinski definition) is 2. The third-order valence-electron chi connectivity index (χ3n) is 3.52. The topological polar surface area (TPSA) is 51.2 Å². The van der Waals surface area contributed by atoms with Crippen molar-refractivity contribution in [1.29, 1.82) is 0 Å². The van der Waals surface area contributed by atoms with E-state index < -0.39 is 0 Å². The summed E-state index contributed by atoms with van der Waals surface area (Å²) < 4.78 is 2.25. The summed E-state index contributed by atoms with van der Waals surface area (Å²) in [6.45, 7) is 3.88. The maximum Gasteiger partial charge on any atom is 0.0527 e. The minimum absolute atomic E-state index is 0.224. The summed E-state index contributed by atoms with van der Waals surface area (Å²) in [5.41, 5.74) is 9.20. The van der Waals surface area contributed by atoms with Gasteiger partial charge in [0.15, 0.2) is 0 Å². The number of aliphatic hydroxyl groups is 1. The third kappa shape index (κ3) is 2.94. The second-order valence-corrected chi connectivity index (χ2v) is 5.29. The summed E-state index contributed by atoms with van der Waals surface area (Å²) in [5.74, 6) is 0. The molecule has 2 aromatic rings. The first kappa shape index (κ1) is 14.4. The van der Waals surface area contributed by atoms with Gasteiger partial charge in [0.1, 0.15) is 0 Å². The molecule has 0 unspecified atom stereocenters. The number of aryl methyl sites for hydroxylation is 3. The monoisotopic (exact) mass is 280 g/mol. The van der Waals surface area contributed by atoms with Crippen LogP contribution in [0.5, 0.6) is 0 Å². The Morgan fingerprint density at radius 3 is 2.79 bits per heavy atom. The summed E-state index contributed by atoms with van der Waals surface area (Å²) in [6, 6.07) is 4.03. The molecule has 0 aliphatic carbocycles. The number of fused-ring (bicyclic) bond motifs is 1. The molecule has 0 atom stereocenters. The average Bonchev–Trinajstić information content (AvgIpc) is 2.77. The van der Waals surface area contributed by atoms with E-state index in [4.69, 9.17) is 22.4 Å². The Balaban J connectivity index is 2.49. The number of aliphatic hydroxyl groups excluding tert-OH is 1. The minimum atomic E-state index is 0.224. The van der Waals surface area contributed by atoms with E-state index in [-0.39, 0.29) is 6.61 Å². The molecule has 0 spiro atoms. The van der Waals surface area contributed by atoms with Crippen LogP contribution < -0.4 is 5.73 Å². The Kier molecular flexibility index (Phi) is 4.86. The van der Waals surface area contributed by atoms with E-state index in [1.807, 2.05) is 6.07 Å². The molecular formula is C15H21ClN2O. The van der Waals surface area contributed by atoms with E-state index >= 15 is 0 Å². The third-order valence-corrected chi connectivity index (χ3v) is 3.93. The normalized spacial score (nSPS) is 11.4. The molecular weight excluding hydrogens is 260 g/mol. The summed E-state index contributed by atoms with van der Waals surface area (Å²) in [5, 5.41) is 11.0. The van der Waals surface area contributed by atoms with Crippen LogP contribution in [0.4, 0.5) is 0 Å². The second-order valence-electron chi connectivity index (χ2n) is 4.89. The predicted octanol–water partition coefficient (Wildman–Crippen LogP) is 2.88. The zero-order chi connectivity index (χ0) is 13.8. The molecule has 19 heavy (non-hydrogen) atoms. The van der Waals surface area contributed by atoms with Crippen LogP contribution in [0, 0.1) is 6.92 Å². The standard InChI is InChI=1S/C15H21ClN2O/c1-11-14(16)6-5-13-12(4-2-9-19)10-18(15(11)13)8-3-7-17/h5-6,10,19H,2-4,7-9,17H2,1H3. The van der Waals surface area contributed by atoms with Crippen molar-refractivity contribution in [3.8, 4) is 0 Å². The number of hydrogen-bond donors (Lipinski definition) is 2. The fourth-order valence-electron chi connectivity index (χ4n) is 2.53. The van der Waals surface area contributed by atoms with E-state index in [1.165, 1.54) is 16.5 Å². The molecule has 0 aliphatic rings. The van der Waals surface area contributed by atoms with Crippen molar-refractivity contribution in [2.45, 2.75) is 32.7 Å². The van der Waals surface area contributed by atoms with Gasteiger partial charge in [0, 0.05) is 29.8 Å². The first-order chi connectivity index (χ1) is 9.19. The number of nitrogens with two attached hydrogens (primary N) is 1. The molecule has 3 nitrogen and oxygen atoms in total. The summed E-state index contributed by atoms with van der Waals surface area (Å²) in [7, 11) is 0. The molecule has 3 N–H and O–H groups in total. The maximum atomic E-state index is 9.00. The molecule has 1 heterocycles. The lowest BCUT2D eigenvalue weighted by atomic mass is 10.1. The van der Waals surface area contributed by atoms with Gasteiger partial charge in [-0.15, -0.1) is 0 Å². The second kappa shape index (κ2) is 6.42. The quantitative estimate of drug-likeness (QED) is 0.855. The van der Waals surface area contributed by atoms with Gasteiger partial charge in [-0.2, -0.15) is 0 Å². The van der Waals surface area contributed by atoms with Gasteiger partial charge in [-0.3, -0.25) is 0 Å². The van der Waals surface area contributed by atoms with Crippen molar-refractivity contribution in [3.63, 3.8) is 0 Å². The summed E-state index contributed by atoms with van der Waals surface area (Å²) in [4.78, 5) is 0. The Morgan fingerprint density at radius 2 is 2.11 bits per heavy atom. The van der Waals surface area contributed by atoms with Crippen LogP contribution >= 0.6 is 11.6 Å². The SMILES string of the molecule is Cc1c(Cl)ccc2c(CCCO)cn(CCCN)c12.